The van der Waals surface area contributed by atoms with E-state index in [9.17, 15) is 18.0 Å². The summed E-state index contributed by atoms with van der Waals surface area (Å²) in [7, 11) is 0. The zero-order chi connectivity index (χ0) is 9.28. The van der Waals surface area contributed by atoms with Crippen molar-refractivity contribution < 1.29 is 27.8 Å². The molecule has 0 bridgehead atoms. The number of hydrogen-bond acceptors (Lipinski definition) is 2. The number of carboxylic acids is 1. The summed E-state index contributed by atoms with van der Waals surface area (Å²) in [5, 5.41) is 7.92. The first kappa shape index (κ1) is 10.8. The first-order valence-corrected chi connectivity index (χ1v) is 2.79. The second-order valence-corrected chi connectivity index (χ2v) is 2.63. The SMILES string of the molecule is O=C(O)C(Cl)(Cl)OC(F)(F)F. The Morgan fingerprint density at radius 3 is 1.82 bits per heavy atom. The van der Waals surface area contributed by atoms with Gasteiger partial charge in [0.2, 0.25) is 0 Å². The zero-order valence-corrected chi connectivity index (χ0v) is 6.17. The first-order chi connectivity index (χ1) is 4.65. The van der Waals surface area contributed by atoms with E-state index in [4.69, 9.17) is 5.11 Å². The van der Waals surface area contributed by atoms with Crippen molar-refractivity contribution in [3.63, 3.8) is 0 Å². The number of ether oxygens (including phenoxy) is 1. The highest BCUT2D eigenvalue weighted by atomic mass is 35.5. The lowest BCUT2D eigenvalue weighted by atomic mass is 10.7. The number of aliphatic carboxylic acids is 1. The van der Waals surface area contributed by atoms with Gasteiger partial charge in [-0.05, 0) is 0 Å². The molecule has 0 unspecified atom stereocenters. The topological polar surface area (TPSA) is 46.5 Å². The van der Waals surface area contributed by atoms with E-state index in [1.54, 1.807) is 0 Å². The molecule has 11 heavy (non-hydrogen) atoms. The van der Waals surface area contributed by atoms with E-state index in [2.05, 4.69) is 27.9 Å². The number of hydrogen-bond donors (Lipinski definition) is 1. The largest absolute Gasteiger partial charge is 0.525 e. The molecule has 0 heterocycles. The lowest BCUT2D eigenvalue weighted by Gasteiger charge is -2.16. The third kappa shape index (κ3) is 4.28. The highest BCUT2D eigenvalue weighted by molar-refractivity contribution is 6.56. The molecule has 8 heteroatoms. The van der Waals surface area contributed by atoms with Crippen LogP contribution in [0, 0.1) is 0 Å². The Hall–Kier alpha value is -0.200. The lowest BCUT2D eigenvalue weighted by molar-refractivity contribution is -0.336. The summed E-state index contributed by atoms with van der Waals surface area (Å²) in [5.41, 5.74) is 0. The quantitative estimate of drug-likeness (QED) is 0.710. The summed E-state index contributed by atoms with van der Waals surface area (Å²) in [5.74, 6) is -2.13. The molecule has 0 radical (unpaired) electrons. The van der Waals surface area contributed by atoms with Crippen molar-refractivity contribution in [1.29, 1.82) is 0 Å². The molecule has 0 spiro atoms. The smallest absolute Gasteiger partial charge is 0.477 e. The summed E-state index contributed by atoms with van der Waals surface area (Å²) >= 11 is 9.16. The molecule has 0 aromatic rings. The minimum absolute atomic E-state index is 2.13. The summed E-state index contributed by atoms with van der Waals surface area (Å²) in [4.78, 5) is 9.81. The molecule has 0 aliphatic heterocycles. The van der Waals surface area contributed by atoms with Crippen LogP contribution in [0.3, 0.4) is 0 Å². The summed E-state index contributed by atoms with van der Waals surface area (Å²) < 4.78 is 33.3. The molecular weight excluding hydrogens is 212 g/mol. The molecule has 0 aliphatic rings. The van der Waals surface area contributed by atoms with Gasteiger partial charge in [-0.3, -0.25) is 0 Å². The van der Waals surface area contributed by atoms with Crippen LogP contribution in [0.4, 0.5) is 13.2 Å². The average Bonchev–Trinajstić information content (AvgIpc) is 1.56. The van der Waals surface area contributed by atoms with Gasteiger partial charge in [0, 0.05) is 0 Å². The van der Waals surface area contributed by atoms with Crippen LogP contribution in [-0.2, 0) is 9.53 Å². The van der Waals surface area contributed by atoms with Crippen molar-refractivity contribution >= 4 is 29.2 Å². The summed E-state index contributed by atoms with van der Waals surface area (Å²) in [6.07, 6.45) is -5.18. The minimum Gasteiger partial charge on any atom is -0.477 e. The Labute approximate surface area is 68.6 Å². The highest BCUT2D eigenvalue weighted by Gasteiger charge is 2.46. The second kappa shape index (κ2) is 3.04. The number of carboxylic acid groups (broad SMARTS) is 1. The molecule has 0 aliphatic carbocycles. The van der Waals surface area contributed by atoms with Gasteiger partial charge in [0.25, 0.3) is 0 Å². The second-order valence-electron chi connectivity index (χ2n) is 1.37. The normalized spacial score (nSPS) is 13.2. The molecule has 0 fully saturated rings. The van der Waals surface area contributed by atoms with Crippen LogP contribution in [0.15, 0.2) is 0 Å². The van der Waals surface area contributed by atoms with E-state index < -0.39 is 16.9 Å². The van der Waals surface area contributed by atoms with Crippen molar-refractivity contribution in [1.82, 2.24) is 0 Å². The maximum atomic E-state index is 11.3. The zero-order valence-electron chi connectivity index (χ0n) is 4.65. The number of rotatable bonds is 2. The van der Waals surface area contributed by atoms with Gasteiger partial charge in [0.15, 0.2) is 0 Å². The van der Waals surface area contributed by atoms with Crippen LogP contribution in [0.5, 0.6) is 0 Å². The van der Waals surface area contributed by atoms with Crippen LogP contribution in [0.1, 0.15) is 0 Å². The van der Waals surface area contributed by atoms with Gasteiger partial charge in [-0.15, -0.1) is 13.2 Å². The van der Waals surface area contributed by atoms with Crippen LogP contribution < -0.4 is 0 Å². The molecule has 0 saturated carbocycles. The molecule has 66 valence electrons. The number of carbonyl (C=O) groups is 1. The Morgan fingerprint density at radius 1 is 1.36 bits per heavy atom. The molecule has 0 aromatic carbocycles. The fraction of sp³-hybridized carbons (Fsp3) is 0.667. The van der Waals surface area contributed by atoms with Crippen molar-refractivity contribution in [2.45, 2.75) is 10.9 Å². The van der Waals surface area contributed by atoms with Crippen LogP contribution in [0.25, 0.3) is 0 Å². The van der Waals surface area contributed by atoms with Gasteiger partial charge in [0.05, 0.1) is 0 Å². The van der Waals surface area contributed by atoms with Crippen molar-refractivity contribution in [3.05, 3.63) is 0 Å². The van der Waals surface area contributed by atoms with Gasteiger partial charge in [-0.2, -0.15) is 0 Å². The molecule has 1 N–H and O–H groups in total. The Balaban J connectivity index is 4.25. The van der Waals surface area contributed by atoms with Gasteiger partial charge in [-0.1, -0.05) is 23.2 Å². The Bertz CT molecular complexity index is 166. The van der Waals surface area contributed by atoms with E-state index >= 15 is 0 Å². The fourth-order valence-electron chi connectivity index (χ4n) is 0.189. The van der Waals surface area contributed by atoms with E-state index in [0.29, 0.717) is 0 Å². The van der Waals surface area contributed by atoms with Crippen LogP contribution in [-0.4, -0.2) is 22.0 Å². The van der Waals surface area contributed by atoms with E-state index in [0.717, 1.165) is 0 Å². The highest BCUT2D eigenvalue weighted by Crippen LogP contribution is 2.31. The third-order valence-corrected chi connectivity index (χ3v) is 0.971. The molecule has 0 amide bonds. The molecule has 0 atom stereocenters. The molecule has 0 rings (SSSR count). The average molecular weight is 213 g/mol. The fourth-order valence-corrected chi connectivity index (χ4v) is 0.364. The van der Waals surface area contributed by atoms with E-state index in [1.807, 2.05) is 0 Å². The monoisotopic (exact) mass is 212 g/mol. The summed E-state index contributed by atoms with van der Waals surface area (Å²) in [6.45, 7) is 0. The molecule has 0 aromatic heterocycles. The van der Waals surface area contributed by atoms with Crippen molar-refractivity contribution in [3.8, 4) is 0 Å². The first-order valence-electron chi connectivity index (χ1n) is 2.03. The number of halogens is 5. The number of alkyl halides is 5. The van der Waals surface area contributed by atoms with E-state index in [1.165, 1.54) is 0 Å². The van der Waals surface area contributed by atoms with Crippen LogP contribution >= 0.6 is 23.2 Å². The predicted octanol–water partition coefficient (Wildman–Crippen LogP) is 1.74. The van der Waals surface area contributed by atoms with Gasteiger partial charge in [-0.25, -0.2) is 9.53 Å². The van der Waals surface area contributed by atoms with E-state index in [-0.39, 0.29) is 0 Å². The van der Waals surface area contributed by atoms with Gasteiger partial charge < -0.3 is 5.11 Å². The van der Waals surface area contributed by atoms with Crippen LogP contribution in [0.2, 0.25) is 0 Å². The van der Waals surface area contributed by atoms with Crippen molar-refractivity contribution in [2.24, 2.45) is 0 Å². The summed E-state index contributed by atoms with van der Waals surface area (Å²) in [6, 6.07) is 0. The van der Waals surface area contributed by atoms with Gasteiger partial charge in [0.1, 0.15) is 0 Å². The van der Waals surface area contributed by atoms with Gasteiger partial charge >= 0.3 is 16.9 Å². The minimum atomic E-state index is -5.18. The molecule has 0 saturated heterocycles. The molecular formula is C3HCl2F3O3. The lowest BCUT2D eigenvalue weighted by Crippen LogP contribution is -2.35. The standard InChI is InChI=1S/C3HCl2F3O3/c4-2(5,1(9)10)11-3(6,7)8/h(H,9,10). The Kier molecular flexibility index (Phi) is 2.98. The van der Waals surface area contributed by atoms with Crippen molar-refractivity contribution in [2.75, 3.05) is 0 Å². The maximum absolute atomic E-state index is 11.3. The molecule has 3 nitrogen and oxygen atoms in total. The third-order valence-electron chi connectivity index (χ3n) is 0.493. The Morgan fingerprint density at radius 2 is 1.73 bits per heavy atom. The maximum Gasteiger partial charge on any atom is 0.525 e. The predicted molar refractivity (Wildman–Crippen MR) is 29.2 cm³/mol.